The van der Waals surface area contributed by atoms with E-state index in [9.17, 15) is 9.90 Å². The van der Waals surface area contributed by atoms with Gasteiger partial charge in [-0.15, -0.1) is 0 Å². The molecule has 1 fully saturated rings. The zero-order chi connectivity index (χ0) is 8.27. The molecule has 1 aliphatic rings. The Hall–Kier alpha value is -0.450. The molecule has 3 atom stereocenters. The molecule has 4 nitrogen and oxygen atoms in total. The largest absolute Gasteiger partial charge is 0.390 e. The van der Waals surface area contributed by atoms with Crippen molar-refractivity contribution >= 4 is 6.29 Å². The summed E-state index contributed by atoms with van der Waals surface area (Å²) in [4.78, 5) is 10.1. The van der Waals surface area contributed by atoms with Crippen LogP contribution in [0.15, 0.2) is 0 Å². The number of carbonyl (C=O) groups excluding carboxylic acids is 1. The second-order valence-corrected chi connectivity index (χ2v) is 2.57. The van der Waals surface area contributed by atoms with E-state index in [2.05, 4.69) is 0 Å². The van der Waals surface area contributed by atoms with Crippen LogP contribution in [0.3, 0.4) is 0 Å². The molecule has 0 saturated carbocycles. The molecule has 2 unspecified atom stereocenters. The maximum Gasteiger partial charge on any atom is 0.163 e. The van der Waals surface area contributed by atoms with Gasteiger partial charge in [-0.1, -0.05) is 0 Å². The molecule has 0 bridgehead atoms. The third-order valence-corrected chi connectivity index (χ3v) is 1.88. The summed E-state index contributed by atoms with van der Waals surface area (Å²) in [5.74, 6) is -0.197. The van der Waals surface area contributed by atoms with Gasteiger partial charge in [0.1, 0.15) is 6.29 Å². The molecule has 0 spiro atoms. The normalized spacial score (nSPS) is 37.5. The predicted octanol–water partition coefficient (Wildman–Crippen LogP) is -0.445. The number of methoxy groups -OCH3 is 1. The van der Waals surface area contributed by atoms with Crippen LogP contribution in [0.4, 0.5) is 0 Å². The lowest BCUT2D eigenvalue weighted by Gasteiger charge is -2.15. The SMILES string of the molecule is COC1OC[C@@H](O)C1CC=O. The summed E-state index contributed by atoms with van der Waals surface area (Å²) in [7, 11) is 1.50. The highest BCUT2D eigenvalue weighted by Gasteiger charge is 2.35. The van der Waals surface area contributed by atoms with Crippen LogP contribution in [0, 0.1) is 5.92 Å². The third-order valence-electron chi connectivity index (χ3n) is 1.88. The summed E-state index contributed by atoms with van der Waals surface area (Å²) in [6.45, 7) is 0.261. The Kier molecular flexibility index (Phi) is 2.99. The molecule has 11 heavy (non-hydrogen) atoms. The van der Waals surface area contributed by atoms with Crippen molar-refractivity contribution in [2.75, 3.05) is 13.7 Å². The van der Waals surface area contributed by atoms with Crippen LogP contribution in [0.1, 0.15) is 6.42 Å². The van der Waals surface area contributed by atoms with E-state index in [-0.39, 0.29) is 12.5 Å². The molecule has 1 heterocycles. The fourth-order valence-electron chi connectivity index (χ4n) is 1.24. The number of ether oxygens (including phenoxy) is 2. The number of aldehydes is 1. The van der Waals surface area contributed by atoms with Crippen LogP contribution < -0.4 is 0 Å². The summed E-state index contributed by atoms with van der Waals surface area (Å²) >= 11 is 0. The minimum atomic E-state index is -0.565. The number of carbonyl (C=O) groups is 1. The van der Waals surface area contributed by atoms with E-state index in [0.29, 0.717) is 6.42 Å². The summed E-state index contributed by atoms with van der Waals surface area (Å²) in [6, 6.07) is 0. The molecule has 0 aromatic carbocycles. The Bertz CT molecular complexity index is 136. The molecule has 4 heteroatoms. The van der Waals surface area contributed by atoms with Gasteiger partial charge >= 0.3 is 0 Å². The second kappa shape index (κ2) is 3.80. The lowest BCUT2D eigenvalue weighted by molar-refractivity contribution is -0.122. The fourth-order valence-corrected chi connectivity index (χ4v) is 1.24. The van der Waals surface area contributed by atoms with Gasteiger partial charge in [0.05, 0.1) is 12.7 Å². The van der Waals surface area contributed by atoms with Crippen LogP contribution in [0.25, 0.3) is 0 Å². The Morgan fingerprint density at radius 3 is 3.09 bits per heavy atom. The number of hydrogen-bond acceptors (Lipinski definition) is 4. The van der Waals surface area contributed by atoms with Gasteiger partial charge in [0.25, 0.3) is 0 Å². The number of hydrogen-bond donors (Lipinski definition) is 1. The topological polar surface area (TPSA) is 55.8 Å². The lowest BCUT2D eigenvalue weighted by Crippen LogP contribution is -2.25. The number of rotatable bonds is 3. The van der Waals surface area contributed by atoms with Crippen LogP contribution in [0.5, 0.6) is 0 Å². The summed E-state index contributed by atoms with van der Waals surface area (Å²) in [5.41, 5.74) is 0. The Morgan fingerprint density at radius 2 is 2.55 bits per heavy atom. The molecule has 0 amide bonds. The highest BCUT2D eigenvalue weighted by molar-refractivity contribution is 5.50. The first-order valence-electron chi connectivity index (χ1n) is 3.55. The average molecular weight is 160 g/mol. The van der Waals surface area contributed by atoms with Crippen molar-refractivity contribution in [3.8, 4) is 0 Å². The van der Waals surface area contributed by atoms with Gasteiger partial charge in [0.2, 0.25) is 0 Å². The van der Waals surface area contributed by atoms with E-state index < -0.39 is 12.4 Å². The second-order valence-electron chi connectivity index (χ2n) is 2.57. The van der Waals surface area contributed by atoms with E-state index >= 15 is 0 Å². The van der Waals surface area contributed by atoms with Gasteiger partial charge in [0, 0.05) is 19.4 Å². The van der Waals surface area contributed by atoms with Gasteiger partial charge in [0.15, 0.2) is 6.29 Å². The highest BCUT2D eigenvalue weighted by atomic mass is 16.7. The Morgan fingerprint density at radius 1 is 1.82 bits per heavy atom. The lowest BCUT2D eigenvalue weighted by atomic mass is 10.0. The van der Waals surface area contributed by atoms with Gasteiger partial charge < -0.3 is 19.4 Å². The van der Waals surface area contributed by atoms with Gasteiger partial charge in [-0.3, -0.25) is 0 Å². The third kappa shape index (κ3) is 1.77. The molecule has 1 aliphatic heterocycles. The first kappa shape index (κ1) is 8.64. The maximum absolute atomic E-state index is 10.1. The van der Waals surface area contributed by atoms with Crippen molar-refractivity contribution in [2.45, 2.75) is 18.8 Å². The average Bonchev–Trinajstić information content (AvgIpc) is 2.34. The molecule has 0 aliphatic carbocycles. The van der Waals surface area contributed by atoms with Gasteiger partial charge in [-0.2, -0.15) is 0 Å². The smallest absolute Gasteiger partial charge is 0.163 e. The summed E-state index contributed by atoms with van der Waals surface area (Å²) in [5, 5.41) is 9.26. The van der Waals surface area contributed by atoms with E-state index in [4.69, 9.17) is 9.47 Å². The quantitative estimate of drug-likeness (QED) is 0.568. The molecule has 1 N–H and O–H groups in total. The Labute approximate surface area is 65.1 Å². The minimum Gasteiger partial charge on any atom is -0.390 e. The molecule has 0 aromatic heterocycles. The van der Waals surface area contributed by atoms with Crippen molar-refractivity contribution in [1.82, 2.24) is 0 Å². The van der Waals surface area contributed by atoms with Crippen LogP contribution in [-0.4, -0.2) is 37.5 Å². The van der Waals surface area contributed by atoms with Crippen molar-refractivity contribution in [3.05, 3.63) is 0 Å². The van der Waals surface area contributed by atoms with Crippen molar-refractivity contribution < 1.29 is 19.4 Å². The van der Waals surface area contributed by atoms with Gasteiger partial charge in [-0.05, 0) is 0 Å². The molecule has 0 aromatic rings. The number of aliphatic hydroxyl groups excluding tert-OH is 1. The molecular formula is C7H12O4. The number of aliphatic hydroxyl groups is 1. The van der Waals surface area contributed by atoms with E-state index in [1.165, 1.54) is 7.11 Å². The zero-order valence-corrected chi connectivity index (χ0v) is 6.40. The molecule has 0 radical (unpaired) electrons. The maximum atomic E-state index is 10.1. The first-order chi connectivity index (χ1) is 5.29. The molecular weight excluding hydrogens is 148 g/mol. The van der Waals surface area contributed by atoms with Crippen molar-refractivity contribution in [1.29, 1.82) is 0 Å². The fraction of sp³-hybridized carbons (Fsp3) is 0.857. The monoisotopic (exact) mass is 160 g/mol. The summed E-state index contributed by atoms with van der Waals surface area (Å²) < 4.78 is 9.95. The molecule has 64 valence electrons. The van der Waals surface area contributed by atoms with Crippen molar-refractivity contribution in [3.63, 3.8) is 0 Å². The standard InChI is InChI=1S/C7H12O4/c1-10-7-5(2-3-8)6(9)4-11-7/h3,5-7,9H,2,4H2,1H3/t5?,6-,7?/m1/s1. The minimum absolute atomic E-state index is 0.197. The van der Waals surface area contributed by atoms with E-state index in [1.54, 1.807) is 0 Å². The van der Waals surface area contributed by atoms with Crippen LogP contribution >= 0.6 is 0 Å². The molecule has 1 rings (SSSR count). The highest BCUT2D eigenvalue weighted by Crippen LogP contribution is 2.23. The van der Waals surface area contributed by atoms with E-state index in [1.807, 2.05) is 0 Å². The van der Waals surface area contributed by atoms with E-state index in [0.717, 1.165) is 6.29 Å². The first-order valence-corrected chi connectivity index (χ1v) is 3.55. The Balaban J connectivity index is 2.48. The van der Waals surface area contributed by atoms with Crippen LogP contribution in [-0.2, 0) is 14.3 Å². The predicted molar refractivity (Wildman–Crippen MR) is 36.9 cm³/mol. The van der Waals surface area contributed by atoms with Gasteiger partial charge in [-0.25, -0.2) is 0 Å². The summed E-state index contributed by atoms with van der Waals surface area (Å²) in [6.07, 6.45) is 0.0780. The van der Waals surface area contributed by atoms with Crippen molar-refractivity contribution in [2.24, 2.45) is 5.92 Å². The molecule has 1 saturated heterocycles. The van der Waals surface area contributed by atoms with Crippen LogP contribution in [0.2, 0.25) is 0 Å². The zero-order valence-electron chi connectivity index (χ0n) is 6.40.